The number of nitrogens with one attached hydrogen (secondary N) is 1. The quantitative estimate of drug-likeness (QED) is 0.846. The Morgan fingerprint density at radius 1 is 1.24 bits per heavy atom. The average Bonchev–Trinajstić information content (AvgIpc) is 2.15. The van der Waals surface area contributed by atoms with Crippen LogP contribution in [0.3, 0.4) is 0 Å². The normalized spacial score (nSPS) is 15.6. The fraction of sp³-hybridized carbons (Fsp3) is 0.571. The van der Waals surface area contributed by atoms with Crippen molar-refractivity contribution < 1.29 is 9.50 Å². The van der Waals surface area contributed by atoms with Gasteiger partial charge in [0, 0.05) is 11.6 Å². The van der Waals surface area contributed by atoms with Gasteiger partial charge in [-0.15, -0.1) is 0 Å². The highest BCUT2D eigenvalue weighted by Gasteiger charge is 2.17. The molecule has 0 aliphatic carbocycles. The lowest BCUT2D eigenvalue weighted by molar-refractivity contribution is 0.148. The molecule has 17 heavy (non-hydrogen) atoms. The summed E-state index contributed by atoms with van der Waals surface area (Å²) in [7, 11) is 0. The van der Waals surface area contributed by atoms with Crippen LogP contribution in [0.1, 0.15) is 45.8 Å². The second-order valence-corrected chi connectivity index (χ2v) is 5.60. The number of aliphatic hydroxyl groups excluding tert-OH is 1. The van der Waals surface area contributed by atoms with Gasteiger partial charge in [0.1, 0.15) is 5.82 Å². The molecule has 96 valence electrons. The van der Waals surface area contributed by atoms with Gasteiger partial charge in [-0.1, -0.05) is 12.1 Å². The van der Waals surface area contributed by atoms with Crippen LogP contribution in [-0.4, -0.2) is 16.7 Å². The number of rotatable bonds is 4. The van der Waals surface area contributed by atoms with E-state index in [0.29, 0.717) is 6.42 Å². The summed E-state index contributed by atoms with van der Waals surface area (Å²) in [4.78, 5) is 0. The van der Waals surface area contributed by atoms with E-state index in [-0.39, 0.29) is 17.4 Å². The molecule has 1 rings (SSSR count). The largest absolute Gasteiger partial charge is 0.388 e. The van der Waals surface area contributed by atoms with Gasteiger partial charge in [-0.3, -0.25) is 0 Å². The first-order valence-corrected chi connectivity index (χ1v) is 5.99. The Morgan fingerprint density at radius 2 is 1.76 bits per heavy atom. The summed E-state index contributed by atoms with van der Waals surface area (Å²) >= 11 is 0. The first-order chi connectivity index (χ1) is 7.78. The van der Waals surface area contributed by atoms with Crippen molar-refractivity contribution >= 4 is 0 Å². The third-order valence-corrected chi connectivity index (χ3v) is 2.51. The molecule has 0 fully saturated rings. The topological polar surface area (TPSA) is 32.3 Å². The Kier molecular flexibility index (Phi) is 4.66. The van der Waals surface area contributed by atoms with Crippen molar-refractivity contribution in [3.63, 3.8) is 0 Å². The molecule has 0 aliphatic rings. The number of hydrogen-bond acceptors (Lipinski definition) is 2. The van der Waals surface area contributed by atoms with Crippen LogP contribution >= 0.6 is 0 Å². The molecule has 0 aromatic heterocycles. The molecule has 2 nitrogen and oxygen atoms in total. The van der Waals surface area contributed by atoms with Crippen molar-refractivity contribution in [2.24, 2.45) is 0 Å². The number of benzene rings is 1. The third-order valence-electron chi connectivity index (χ3n) is 2.51. The molecule has 0 heterocycles. The maximum Gasteiger partial charge on any atom is 0.123 e. The summed E-state index contributed by atoms with van der Waals surface area (Å²) in [6.45, 7) is 8.31. The molecule has 2 unspecified atom stereocenters. The SMILES string of the molecule is CC(CC(O)c1ccc(F)cc1)NC(C)(C)C. The Hall–Kier alpha value is -0.930. The van der Waals surface area contributed by atoms with Crippen molar-refractivity contribution in [2.45, 2.75) is 51.8 Å². The van der Waals surface area contributed by atoms with Crippen LogP contribution in [0, 0.1) is 5.82 Å². The third kappa shape index (κ3) is 5.29. The zero-order valence-electron chi connectivity index (χ0n) is 11.0. The van der Waals surface area contributed by atoms with E-state index in [9.17, 15) is 9.50 Å². The van der Waals surface area contributed by atoms with Crippen molar-refractivity contribution in [1.29, 1.82) is 0 Å². The second-order valence-electron chi connectivity index (χ2n) is 5.60. The molecule has 1 aromatic carbocycles. The highest BCUT2D eigenvalue weighted by atomic mass is 19.1. The van der Waals surface area contributed by atoms with Crippen LogP contribution in [0.25, 0.3) is 0 Å². The highest BCUT2D eigenvalue weighted by Crippen LogP contribution is 2.19. The van der Waals surface area contributed by atoms with E-state index in [4.69, 9.17) is 0 Å². The van der Waals surface area contributed by atoms with Gasteiger partial charge in [-0.05, 0) is 51.8 Å². The molecule has 2 atom stereocenters. The Morgan fingerprint density at radius 3 is 2.24 bits per heavy atom. The van der Waals surface area contributed by atoms with Gasteiger partial charge in [0.25, 0.3) is 0 Å². The van der Waals surface area contributed by atoms with Crippen molar-refractivity contribution in [3.8, 4) is 0 Å². The van der Waals surface area contributed by atoms with E-state index in [1.54, 1.807) is 12.1 Å². The van der Waals surface area contributed by atoms with Crippen LogP contribution in [0.2, 0.25) is 0 Å². The van der Waals surface area contributed by atoms with E-state index in [1.165, 1.54) is 12.1 Å². The molecule has 0 amide bonds. The van der Waals surface area contributed by atoms with Crippen LogP contribution in [0.15, 0.2) is 24.3 Å². The molecule has 0 aliphatic heterocycles. The molecule has 3 heteroatoms. The number of aliphatic hydroxyl groups is 1. The van der Waals surface area contributed by atoms with Crippen LogP contribution in [0.5, 0.6) is 0 Å². The maximum absolute atomic E-state index is 12.7. The molecule has 0 saturated carbocycles. The van der Waals surface area contributed by atoms with Gasteiger partial charge in [0.05, 0.1) is 6.10 Å². The summed E-state index contributed by atoms with van der Waals surface area (Å²) in [6.07, 6.45) is 0.0589. The van der Waals surface area contributed by atoms with Gasteiger partial charge in [0.15, 0.2) is 0 Å². The molecule has 0 bridgehead atoms. The van der Waals surface area contributed by atoms with Crippen LogP contribution in [-0.2, 0) is 0 Å². The summed E-state index contributed by atoms with van der Waals surface area (Å²) in [6, 6.07) is 6.21. The molecule has 0 saturated heterocycles. The zero-order valence-corrected chi connectivity index (χ0v) is 11.0. The minimum atomic E-state index is -0.555. The highest BCUT2D eigenvalue weighted by molar-refractivity contribution is 5.18. The minimum Gasteiger partial charge on any atom is -0.388 e. The molecular formula is C14H22FNO. The first kappa shape index (κ1) is 14.1. The lowest BCUT2D eigenvalue weighted by Gasteiger charge is -2.27. The maximum atomic E-state index is 12.7. The van der Waals surface area contributed by atoms with Gasteiger partial charge >= 0.3 is 0 Å². The molecule has 1 aromatic rings. The van der Waals surface area contributed by atoms with Crippen molar-refractivity contribution in [1.82, 2.24) is 5.32 Å². The smallest absolute Gasteiger partial charge is 0.123 e. The van der Waals surface area contributed by atoms with Crippen molar-refractivity contribution in [2.75, 3.05) is 0 Å². The molecule has 0 radical (unpaired) electrons. The Labute approximate surface area is 103 Å². The van der Waals surface area contributed by atoms with E-state index >= 15 is 0 Å². The molecular weight excluding hydrogens is 217 g/mol. The predicted octanol–water partition coefficient (Wildman–Crippen LogP) is 3.03. The lowest BCUT2D eigenvalue weighted by atomic mass is 10.0. The number of hydrogen-bond donors (Lipinski definition) is 2. The fourth-order valence-corrected chi connectivity index (χ4v) is 1.95. The van der Waals surface area contributed by atoms with Gasteiger partial charge in [0.2, 0.25) is 0 Å². The van der Waals surface area contributed by atoms with E-state index in [2.05, 4.69) is 26.1 Å². The Bertz CT molecular complexity index is 342. The lowest BCUT2D eigenvalue weighted by Crippen LogP contribution is -2.42. The van der Waals surface area contributed by atoms with Crippen molar-refractivity contribution in [3.05, 3.63) is 35.6 Å². The Balaban J connectivity index is 2.54. The predicted molar refractivity (Wildman–Crippen MR) is 68.3 cm³/mol. The monoisotopic (exact) mass is 239 g/mol. The first-order valence-electron chi connectivity index (χ1n) is 5.99. The summed E-state index contributed by atoms with van der Waals surface area (Å²) in [5, 5.41) is 13.4. The van der Waals surface area contributed by atoms with E-state index in [0.717, 1.165) is 5.56 Å². The van der Waals surface area contributed by atoms with Gasteiger partial charge in [-0.2, -0.15) is 0 Å². The summed E-state index contributed by atoms with van der Waals surface area (Å²) < 4.78 is 12.7. The van der Waals surface area contributed by atoms with E-state index in [1.807, 2.05) is 6.92 Å². The minimum absolute atomic E-state index is 0.0297. The number of halogens is 1. The fourth-order valence-electron chi connectivity index (χ4n) is 1.95. The van der Waals surface area contributed by atoms with Gasteiger partial charge < -0.3 is 10.4 Å². The van der Waals surface area contributed by atoms with Crippen LogP contribution < -0.4 is 5.32 Å². The van der Waals surface area contributed by atoms with Crippen LogP contribution in [0.4, 0.5) is 4.39 Å². The standard InChI is InChI=1S/C14H22FNO/c1-10(16-14(2,3)4)9-13(17)11-5-7-12(15)8-6-11/h5-8,10,13,16-17H,9H2,1-4H3. The second kappa shape index (κ2) is 5.61. The van der Waals surface area contributed by atoms with E-state index < -0.39 is 6.10 Å². The summed E-state index contributed by atoms with van der Waals surface area (Å²) in [5.74, 6) is -0.276. The molecule has 0 spiro atoms. The summed E-state index contributed by atoms with van der Waals surface area (Å²) in [5.41, 5.74) is 0.788. The zero-order chi connectivity index (χ0) is 13.1. The van der Waals surface area contributed by atoms with Gasteiger partial charge in [-0.25, -0.2) is 4.39 Å². The average molecular weight is 239 g/mol. The molecule has 2 N–H and O–H groups in total.